The Kier molecular flexibility index (Phi) is 4.10. The Morgan fingerprint density at radius 3 is 2.62 bits per heavy atom. The van der Waals surface area contributed by atoms with E-state index in [-0.39, 0.29) is 21.7 Å². The minimum absolute atomic E-state index is 0.0669. The summed E-state index contributed by atoms with van der Waals surface area (Å²) in [4.78, 5) is 18.2. The lowest BCUT2D eigenvalue weighted by Gasteiger charge is -2.10. The van der Waals surface area contributed by atoms with Crippen LogP contribution < -0.4 is 10.3 Å². The highest BCUT2D eigenvalue weighted by Crippen LogP contribution is 2.22. The molecule has 3 rings (SSSR count). The first-order chi connectivity index (χ1) is 11.4. The average molecular weight is 347 g/mol. The SMILES string of the molecule is CCC(C)c1ccc(S(=O)(=O)Nc2n[nH]c3nc[nH]c(=O)c23)cc1. The first-order valence-electron chi connectivity index (χ1n) is 7.47. The first-order valence-corrected chi connectivity index (χ1v) is 8.95. The number of anilines is 1. The van der Waals surface area contributed by atoms with Gasteiger partial charge in [0.15, 0.2) is 11.5 Å². The first kappa shape index (κ1) is 16.2. The van der Waals surface area contributed by atoms with Crippen molar-refractivity contribution in [1.82, 2.24) is 20.2 Å². The summed E-state index contributed by atoms with van der Waals surface area (Å²) < 4.78 is 27.3. The summed E-state index contributed by atoms with van der Waals surface area (Å²) in [5.74, 6) is 0.278. The van der Waals surface area contributed by atoms with Gasteiger partial charge < -0.3 is 4.98 Å². The molecule has 0 bridgehead atoms. The van der Waals surface area contributed by atoms with E-state index >= 15 is 0 Å². The third-order valence-corrected chi connectivity index (χ3v) is 5.32. The number of rotatable bonds is 5. The van der Waals surface area contributed by atoms with Crippen molar-refractivity contribution < 1.29 is 8.42 Å². The molecule has 0 aliphatic carbocycles. The molecule has 3 N–H and O–H groups in total. The van der Waals surface area contributed by atoms with Crippen LogP contribution >= 0.6 is 0 Å². The number of nitrogens with zero attached hydrogens (tertiary/aromatic N) is 2. The number of benzene rings is 1. The van der Waals surface area contributed by atoms with E-state index in [1.165, 1.54) is 6.33 Å². The van der Waals surface area contributed by atoms with Gasteiger partial charge in [0.2, 0.25) is 0 Å². The molecule has 2 heterocycles. The second-order valence-corrected chi connectivity index (χ2v) is 7.19. The van der Waals surface area contributed by atoms with E-state index < -0.39 is 15.6 Å². The molecule has 0 saturated carbocycles. The van der Waals surface area contributed by atoms with Crippen LogP contribution in [0.1, 0.15) is 31.7 Å². The van der Waals surface area contributed by atoms with Crippen molar-refractivity contribution in [3.8, 4) is 0 Å². The number of hydrogen-bond donors (Lipinski definition) is 3. The molecule has 1 aromatic carbocycles. The molecular weight excluding hydrogens is 330 g/mol. The number of hydrogen-bond acceptors (Lipinski definition) is 5. The molecule has 126 valence electrons. The van der Waals surface area contributed by atoms with Gasteiger partial charge >= 0.3 is 0 Å². The Hall–Kier alpha value is -2.68. The van der Waals surface area contributed by atoms with E-state index in [0.717, 1.165) is 12.0 Å². The van der Waals surface area contributed by atoms with E-state index in [0.29, 0.717) is 5.92 Å². The van der Waals surface area contributed by atoms with Gasteiger partial charge in [0.1, 0.15) is 5.39 Å². The van der Waals surface area contributed by atoms with Crippen LogP contribution in [-0.2, 0) is 10.0 Å². The standard InChI is InChI=1S/C15H17N5O3S/c1-3-9(2)10-4-6-11(7-5-10)24(22,23)20-14-12-13(18-19-14)16-8-17-15(12)21/h4-9H,3H2,1-2H3,(H3,16,17,18,19,20,21). The largest absolute Gasteiger partial charge is 0.312 e. The molecule has 1 atom stereocenters. The zero-order valence-electron chi connectivity index (χ0n) is 13.2. The van der Waals surface area contributed by atoms with Gasteiger partial charge in [0.05, 0.1) is 11.2 Å². The molecule has 0 saturated heterocycles. The quantitative estimate of drug-likeness (QED) is 0.651. The lowest BCUT2D eigenvalue weighted by molar-refractivity contribution is 0.601. The van der Waals surface area contributed by atoms with Crippen molar-refractivity contribution in [2.24, 2.45) is 0 Å². The lowest BCUT2D eigenvalue weighted by atomic mass is 9.99. The smallest absolute Gasteiger partial charge is 0.264 e. The number of H-pyrrole nitrogens is 2. The van der Waals surface area contributed by atoms with Crippen LogP contribution in [0.15, 0.2) is 40.3 Å². The number of nitrogens with one attached hydrogen (secondary N) is 3. The van der Waals surface area contributed by atoms with Crippen molar-refractivity contribution in [1.29, 1.82) is 0 Å². The molecule has 0 aliphatic rings. The van der Waals surface area contributed by atoms with Gasteiger partial charge in [-0.3, -0.25) is 14.6 Å². The highest BCUT2D eigenvalue weighted by atomic mass is 32.2. The van der Waals surface area contributed by atoms with Gasteiger partial charge in [0.25, 0.3) is 15.6 Å². The predicted octanol–water partition coefficient (Wildman–Crippen LogP) is 1.96. The van der Waals surface area contributed by atoms with Crippen LogP contribution in [0.4, 0.5) is 5.82 Å². The summed E-state index contributed by atoms with van der Waals surface area (Å²) in [6.07, 6.45) is 2.19. The fourth-order valence-electron chi connectivity index (χ4n) is 2.34. The minimum atomic E-state index is -3.85. The van der Waals surface area contributed by atoms with E-state index in [4.69, 9.17) is 0 Å². The number of sulfonamides is 1. The Morgan fingerprint density at radius 2 is 1.96 bits per heavy atom. The molecule has 0 amide bonds. The van der Waals surface area contributed by atoms with Crippen molar-refractivity contribution in [2.45, 2.75) is 31.1 Å². The zero-order chi connectivity index (χ0) is 17.3. The molecule has 1 unspecified atom stereocenters. The summed E-state index contributed by atoms with van der Waals surface area (Å²) >= 11 is 0. The summed E-state index contributed by atoms with van der Waals surface area (Å²) in [6, 6.07) is 6.67. The van der Waals surface area contributed by atoms with E-state index in [9.17, 15) is 13.2 Å². The third kappa shape index (κ3) is 2.90. The van der Waals surface area contributed by atoms with Gasteiger partial charge in [-0.05, 0) is 30.0 Å². The van der Waals surface area contributed by atoms with Crippen LogP contribution in [0.5, 0.6) is 0 Å². The number of aromatic nitrogens is 4. The topological polar surface area (TPSA) is 121 Å². The Morgan fingerprint density at radius 1 is 1.25 bits per heavy atom. The van der Waals surface area contributed by atoms with Crippen LogP contribution in [0.3, 0.4) is 0 Å². The monoisotopic (exact) mass is 347 g/mol. The third-order valence-electron chi connectivity index (χ3n) is 3.97. The molecule has 9 heteroatoms. The Labute approximate surface area is 138 Å². The highest BCUT2D eigenvalue weighted by Gasteiger charge is 2.19. The van der Waals surface area contributed by atoms with Gasteiger partial charge in [-0.2, -0.15) is 5.10 Å². The van der Waals surface area contributed by atoms with Crippen LogP contribution in [-0.4, -0.2) is 28.6 Å². The highest BCUT2D eigenvalue weighted by molar-refractivity contribution is 7.92. The second kappa shape index (κ2) is 6.08. The predicted molar refractivity (Wildman–Crippen MR) is 90.5 cm³/mol. The molecule has 2 aromatic heterocycles. The van der Waals surface area contributed by atoms with Crippen LogP contribution in [0.2, 0.25) is 0 Å². The molecule has 0 aliphatic heterocycles. The molecule has 0 spiro atoms. The van der Waals surface area contributed by atoms with Crippen molar-refractivity contribution in [2.75, 3.05) is 4.72 Å². The lowest BCUT2D eigenvalue weighted by Crippen LogP contribution is -2.15. The van der Waals surface area contributed by atoms with Crippen molar-refractivity contribution in [3.05, 3.63) is 46.5 Å². The van der Waals surface area contributed by atoms with Gasteiger partial charge in [-0.25, -0.2) is 13.4 Å². The molecule has 24 heavy (non-hydrogen) atoms. The second-order valence-electron chi connectivity index (χ2n) is 5.51. The maximum absolute atomic E-state index is 12.5. The minimum Gasteiger partial charge on any atom is -0.312 e. The van der Waals surface area contributed by atoms with E-state index in [2.05, 4.69) is 38.7 Å². The van der Waals surface area contributed by atoms with Gasteiger partial charge in [-0.1, -0.05) is 26.0 Å². The maximum atomic E-state index is 12.5. The van der Waals surface area contributed by atoms with E-state index in [1.54, 1.807) is 24.3 Å². The Bertz CT molecular complexity index is 1020. The fraction of sp³-hybridized carbons (Fsp3) is 0.267. The van der Waals surface area contributed by atoms with Crippen molar-refractivity contribution in [3.63, 3.8) is 0 Å². The average Bonchev–Trinajstić information content (AvgIpc) is 2.98. The molecule has 0 radical (unpaired) electrons. The van der Waals surface area contributed by atoms with E-state index in [1.807, 2.05) is 0 Å². The summed E-state index contributed by atoms with van der Waals surface area (Å²) in [7, 11) is -3.85. The summed E-state index contributed by atoms with van der Waals surface area (Å²) in [5.41, 5.74) is 0.810. The normalized spacial score (nSPS) is 13.1. The number of fused-ring (bicyclic) bond motifs is 1. The maximum Gasteiger partial charge on any atom is 0.264 e. The summed E-state index contributed by atoms with van der Waals surface area (Å²) in [5, 5.41) is 6.42. The zero-order valence-corrected chi connectivity index (χ0v) is 14.0. The van der Waals surface area contributed by atoms with Crippen molar-refractivity contribution >= 4 is 26.9 Å². The van der Waals surface area contributed by atoms with Gasteiger partial charge in [0, 0.05) is 0 Å². The molecule has 8 nitrogen and oxygen atoms in total. The summed E-state index contributed by atoms with van der Waals surface area (Å²) in [6.45, 7) is 4.15. The molecule has 0 fully saturated rings. The van der Waals surface area contributed by atoms with Crippen LogP contribution in [0.25, 0.3) is 11.0 Å². The molecular formula is C15H17N5O3S. The van der Waals surface area contributed by atoms with Crippen LogP contribution in [0, 0.1) is 0 Å². The van der Waals surface area contributed by atoms with Gasteiger partial charge in [-0.15, -0.1) is 0 Å². The number of aromatic amines is 2. The Balaban J connectivity index is 1.95. The fourth-order valence-corrected chi connectivity index (χ4v) is 3.35. The molecule has 3 aromatic rings.